The first-order valence-corrected chi connectivity index (χ1v) is 6.93. The van der Waals surface area contributed by atoms with E-state index in [1.165, 1.54) is 11.9 Å². The Balaban J connectivity index is 2.54. The molecule has 0 aromatic carbocycles. The number of carbonyl (C=O) groups is 3. The number of likely N-dealkylation sites (N-methyl/N-ethyl adjacent to an activating group) is 1. The summed E-state index contributed by atoms with van der Waals surface area (Å²) in [7, 11) is 1.53. The SMILES string of the molecule is CC(C)C(C)(CC(=O)N(C)CC(=O)NC1CC1)C(=O)O. The number of carboxylic acids is 1. The number of carbonyl (C=O) groups excluding carboxylic acids is 2. The van der Waals surface area contributed by atoms with Gasteiger partial charge in [0.2, 0.25) is 11.8 Å². The molecule has 1 aliphatic rings. The van der Waals surface area contributed by atoms with Gasteiger partial charge >= 0.3 is 5.97 Å². The van der Waals surface area contributed by atoms with Gasteiger partial charge in [-0.3, -0.25) is 14.4 Å². The molecule has 0 saturated heterocycles. The minimum atomic E-state index is -1.11. The Morgan fingerprint density at radius 2 is 1.90 bits per heavy atom. The molecule has 0 spiro atoms. The normalized spacial score (nSPS) is 17.4. The highest BCUT2D eigenvalue weighted by Crippen LogP contribution is 2.31. The molecule has 1 unspecified atom stereocenters. The fourth-order valence-corrected chi connectivity index (χ4v) is 1.78. The highest BCUT2D eigenvalue weighted by Gasteiger charge is 2.39. The van der Waals surface area contributed by atoms with Crippen molar-refractivity contribution >= 4 is 17.8 Å². The lowest BCUT2D eigenvalue weighted by molar-refractivity contribution is -0.155. The summed E-state index contributed by atoms with van der Waals surface area (Å²) in [5, 5.41) is 12.1. The molecule has 1 aliphatic carbocycles. The van der Waals surface area contributed by atoms with Crippen LogP contribution in [0.1, 0.15) is 40.0 Å². The van der Waals surface area contributed by atoms with Crippen molar-refractivity contribution in [2.75, 3.05) is 13.6 Å². The Hall–Kier alpha value is -1.59. The molecule has 114 valence electrons. The van der Waals surface area contributed by atoms with Gasteiger partial charge in [-0.15, -0.1) is 0 Å². The summed E-state index contributed by atoms with van der Waals surface area (Å²) >= 11 is 0. The van der Waals surface area contributed by atoms with Crippen LogP contribution >= 0.6 is 0 Å². The minimum absolute atomic E-state index is 0.0247. The van der Waals surface area contributed by atoms with Crippen LogP contribution in [0.3, 0.4) is 0 Å². The first kappa shape index (κ1) is 16.5. The van der Waals surface area contributed by atoms with Gasteiger partial charge in [0, 0.05) is 19.5 Å². The third kappa shape index (κ3) is 4.21. The largest absolute Gasteiger partial charge is 0.481 e. The van der Waals surface area contributed by atoms with E-state index in [1.54, 1.807) is 20.8 Å². The summed E-state index contributed by atoms with van der Waals surface area (Å²) in [5.74, 6) is -1.67. The van der Waals surface area contributed by atoms with Crippen LogP contribution in [0.25, 0.3) is 0 Å². The Bertz CT molecular complexity index is 404. The molecule has 0 heterocycles. The summed E-state index contributed by atoms with van der Waals surface area (Å²) in [6.45, 7) is 5.10. The Morgan fingerprint density at radius 3 is 2.30 bits per heavy atom. The molecule has 6 heteroatoms. The highest BCUT2D eigenvalue weighted by atomic mass is 16.4. The van der Waals surface area contributed by atoms with Gasteiger partial charge in [0.05, 0.1) is 12.0 Å². The van der Waals surface area contributed by atoms with E-state index in [0.717, 1.165) is 12.8 Å². The van der Waals surface area contributed by atoms with Crippen molar-refractivity contribution in [3.8, 4) is 0 Å². The second-order valence-corrected chi connectivity index (χ2v) is 6.15. The highest BCUT2D eigenvalue weighted by molar-refractivity contribution is 5.88. The summed E-state index contributed by atoms with van der Waals surface area (Å²) in [5.41, 5.74) is -1.11. The van der Waals surface area contributed by atoms with Crippen LogP contribution in [-0.4, -0.2) is 47.4 Å². The summed E-state index contributed by atoms with van der Waals surface area (Å²) in [6, 6.07) is 0.256. The summed E-state index contributed by atoms with van der Waals surface area (Å²) < 4.78 is 0. The van der Waals surface area contributed by atoms with Gasteiger partial charge in [0.1, 0.15) is 0 Å². The number of amides is 2. The monoisotopic (exact) mass is 284 g/mol. The molecule has 20 heavy (non-hydrogen) atoms. The third-order valence-electron chi connectivity index (χ3n) is 4.03. The molecule has 0 bridgehead atoms. The molecule has 2 N–H and O–H groups in total. The fourth-order valence-electron chi connectivity index (χ4n) is 1.78. The van der Waals surface area contributed by atoms with E-state index in [9.17, 15) is 19.5 Å². The maximum absolute atomic E-state index is 12.1. The molecule has 6 nitrogen and oxygen atoms in total. The first-order valence-electron chi connectivity index (χ1n) is 6.93. The number of hydrogen-bond donors (Lipinski definition) is 2. The lowest BCUT2D eigenvalue weighted by Gasteiger charge is -2.30. The van der Waals surface area contributed by atoms with E-state index in [0.29, 0.717) is 0 Å². The Morgan fingerprint density at radius 1 is 1.35 bits per heavy atom. The van der Waals surface area contributed by atoms with Crippen molar-refractivity contribution in [2.24, 2.45) is 11.3 Å². The standard InChI is InChI=1S/C14H24N2O4/c1-9(2)14(3,13(19)20)7-12(18)16(4)8-11(17)15-10-5-6-10/h9-10H,5-8H2,1-4H3,(H,15,17)(H,19,20). The van der Waals surface area contributed by atoms with Gasteiger partial charge in [0.15, 0.2) is 0 Å². The van der Waals surface area contributed by atoms with E-state index in [4.69, 9.17) is 0 Å². The van der Waals surface area contributed by atoms with E-state index in [-0.39, 0.29) is 36.7 Å². The van der Waals surface area contributed by atoms with Gasteiger partial charge in [-0.2, -0.15) is 0 Å². The molecule has 1 fully saturated rings. The van der Waals surface area contributed by atoms with E-state index >= 15 is 0 Å². The molecular weight excluding hydrogens is 260 g/mol. The quantitative estimate of drug-likeness (QED) is 0.726. The molecule has 0 radical (unpaired) electrons. The molecule has 0 aromatic heterocycles. The fraction of sp³-hybridized carbons (Fsp3) is 0.786. The Kier molecular flexibility index (Phi) is 5.14. The van der Waals surface area contributed by atoms with Crippen LogP contribution < -0.4 is 5.32 Å². The maximum atomic E-state index is 12.1. The molecule has 2 amide bonds. The molecule has 1 rings (SSSR count). The zero-order chi connectivity index (χ0) is 15.5. The van der Waals surface area contributed by atoms with Crippen molar-refractivity contribution in [1.29, 1.82) is 0 Å². The van der Waals surface area contributed by atoms with Crippen molar-refractivity contribution < 1.29 is 19.5 Å². The lowest BCUT2D eigenvalue weighted by atomic mass is 9.76. The minimum Gasteiger partial charge on any atom is -0.481 e. The number of rotatable bonds is 7. The van der Waals surface area contributed by atoms with Gasteiger partial charge in [-0.05, 0) is 25.7 Å². The average molecular weight is 284 g/mol. The van der Waals surface area contributed by atoms with Crippen molar-refractivity contribution in [3.63, 3.8) is 0 Å². The average Bonchev–Trinajstić information content (AvgIpc) is 3.11. The van der Waals surface area contributed by atoms with Crippen molar-refractivity contribution in [1.82, 2.24) is 10.2 Å². The molecular formula is C14H24N2O4. The van der Waals surface area contributed by atoms with Crippen LogP contribution in [0.2, 0.25) is 0 Å². The topological polar surface area (TPSA) is 86.7 Å². The molecule has 1 atom stereocenters. The number of hydrogen-bond acceptors (Lipinski definition) is 3. The van der Waals surface area contributed by atoms with E-state index in [1.807, 2.05) is 0 Å². The zero-order valence-corrected chi connectivity index (χ0v) is 12.6. The zero-order valence-electron chi connectivity index (χ0n) is 12.6. The molecule has 1 saturated carbocycles. The lowest BCUT2D eigenvalue weighted by Crippen LogP contribution is -2.43. The van der Waals surface area contributed by atoms with Crippen LogP contribution in [0.4, 0.5) is 0 Å². The number of aliphatic carboxylic acids is 1. The molecule has 0 aliphatic heterocycles. The number of carboxylic acid groups (broad SMARTS) is 1. The van der Waals surface area contributed by atoms with Crippen LogP contribution in [0.5, 0.6) is 0 Å². The third-order valence-corrected chi connectivity index (χ3v) is 4.03. The van der Waals surface area contributed by atoms with Crippen molar-refractivity contribution in [2.45, 2.75) is 46.1 Å². The summed E-state index contributed by atoms with van der Waals surface area (Å²) in [6.07, 6.45) is 1.88. The second-order valence-electron chi connectivity index (χ2n) is 6.15. The van der Waals surface area contributed by atoms with Gasteiger partial charge in [0.25, 0.3) is 0 Å². The second kappa shape index (κ2) is 6.24. The van der Waals surface area contributed by atoms with Gasteiger partial charge in [-0.25, -0.2) is 0 Å². The van der Waals surface area contributed by atoms with Crippen LogP contribution in [0.15, 0.2) is 0 Å². The Labute approximate surface area is 119 Å². The predicted molar refractivity (Wildman–Crippen MR) is 74.0 cm³/mol. The van der Waals surface area contributed by atoms with E-state index in [2.05, 4.69) is 5.32 Å². The number of nitrogens with one attached hydrogen (secondary N) is 1. The van der Waals surface area contributed by atoms with E-state index < -0.39 is 11.4 Å². The van der Waals surface area contributed by atoms with Crippen LogP contribution in [-0.2, 0) is 14.4 Å². The predicted octanol–water partition coefficient (Wildman–Crippen LogP) is 0.860. The first-order chi connectivity index (χ1) is 9.16. The van der Waals surface area contributed by atoms with Gasteiger partial charge < -0.3 is 15.3 Å². The maximum Gasteiger partial charge on any atom is 0.310 e. The summed E-state index contributed by atoms with van der Waals surface area (Å²) in [4.78, 5) is 36.3. The van der Waals surface area contributed by atoms with Crippen LogP contribution in [0, 0.1) is 11.3 Å². The van der Waals surface area contributed by atoms with Crippen molar-refractivity contribution in [3.05, 3.63) is 0 Å². The number of nitrogens with zero attached hydrogens (tertiary/aromatic N) is 1. The smallest absolute Gasteiger partial charge is 0.310 e. The molecule has 0 aromatic rings. The van der Waals surface area contributed by atoms with Gasteiger partial charge in [-0.1, -0.05) is 13.8 Å².